The van der Waals surface area contributed by atoms with E-state index in [-0.39, 0.29) is 21.2 Å². The number of methoxy groups -OCH3 is 1. The van der Waals surface area contributed by atoms with Gasteiger partial charge in [0, 0.05) is 7.11 Å². The molecule has 0 aliphatic rings. The SMILES string of the molecule is COCCOc1ccccc1[I+]c1ccccc1.F[B-](F)(F)F. The predicted octanol–water partition coefficient (Wildman–Crippen LogP) is 1.14. The highest BCUT2D eigenvalue weighted by atomic mass is 127. The summed E-state index contributed by atoms with van der Waals surface area (Å²) in [6, 6.07) is 18.9. The van der Waals surface area contributed by atoms with E-state index in [0.717, 1.165) is 5.75 Å². The lowest BCUT2D eigenvalue weighted by molar-refractivity contribution is -0.598. The average molecular weight is 442 g/mol. The lowest BCUT2D eigenvalue weighted by Gasteiger charge is -2.04. The van der Waals surface area contributed by atoms with Crippen molar-refractivity contribution in [3.63, 3.8) is 0 Å². The molecule has 2 aromatic rings. The van der Waals surface area contributed by atoms with Crippen molar-refractivity contribution in [1.82, 2.24) is 0 Å². The zero-order valence-corrected chi connectivity index (χ0v) is 14.6. The van der Waals surface area contributed by atoms with Gasteiger partial charge in [0.15, 0.2) is 9.32 Å². The fourth-order valence-corrected chi connectivity index (χ4v) is 3.90. The van der Waals surface area contributed by atoms with Gasteiger partial charge in [-0.1, -0.05) is 30.3 Å². The van der Waals surface area contributed by atoms with Crippen LogP contribution in [0.25, 0.3) is 0 Å². The van der Waals surface area contributed by atoms with Crippen molar-refractivity contribution in [2.45, 2.75) is 0 Å². The van der Waals surface area contributed by atoms with Crippen molar-refractivity contribution in [3.05, 3.63) is 61.7 Å². The lowest BCUT2D eigenvalue weighted by atomic mass is 10.3. The first kappa shape index (κ1) is 19.8. The monoisotopic (exact) mass is 442 g/mol. The van der Waals surface area contributed by atoms with E-state index in [2.05, 4.69) is 36.4 Å². The molecule has 0 radical (unpaired) electrons. The van der Waals surface area contributed by atoms with E-state index in [1.807, 2.05) is 18.2 Å². The Morgan fingerprint density at radius 3 is 2.04 bits per heavy atom. The van der Waals surface area contributed by atoms with E-state index in [4.69, 9.17) is 9.47 Å². The first-order valence-electron chi connectivity index (χ1n) is 6.68. The molecule has 0 atom stereocenters. The molecule has 126 valence electrons. The van der Waals surface area contributed by atoms with Gasteiger partial charge in [0.05, 0.1) is 6.61 Å². The van der Waals surface area contributed by atoms with Crippen LogP contribution in [0.4, 0.5) is 17.3 Å². The molecule has 0 aliphatic heterocycles. The molecule has 0 saturated carbocycles. The lowest BCUT2D eigenvalue weighted by Crippen LogP contribution is -3.61. The Hall–Kier alpha value is -1.29. The minimum Gasteiger partial charge on any atom is -0.486 e. The van der Waals surface area contributed by atoms with Gasteiger partial charge in [-0.3, -0.25) is 0 Å². The fourth-order valence-electron chi connectivity index (χ4n) is 1.47. The van der Waals surface area contributed by atoms with Crippen LogP contribution in [0.3, 0.4) is 0 Å². The van der Waals surface area contributed by atoms with Gasteiger partial charge >= 0.3 is 28.5 Å². The van der Waals surface area contributed by atoms with Crippen LogP contribution in [-0.2, 0) is 4.74 Å². The minimum absolute atomic E-state index is 0.181. The molecule has 0 N–H and O–H groups in total. The summed E-state index contributed by atoms with van der Waals surface area (Å²) in [5.74, 6) is 0.992. The molecule has 2 nitrogen and oxygen atoms in total. The number of para-hydroxylation sites is 1. The fraction of sp³-hybridized carbons (Fsp3) is 0.200. The Kier molecular flexibility index (Phi) is 9.01. The second kappa shape index (κ2) is 10.5. The highest BCUT2D eigenvalue weighted by molar-refractivity contribution is 6.50. The summed E-state index contributed by atoms with van der Waals surface area (Å²) in [6.45, 7) is 1.23. The van der Waals surface area contributed by atoms with E-state index in [1.54, 1.807) is 7.11 Å². The molecule has 0 bridgehead atoms. The van der Waals surface area contributed by atoms with Crippen LogP contribution in [0.5, 0.6) is 5.75 Å². The smallest absolute Gasteiger partial charge is 0.486 e. The van der Waals surface area contributed by atoms with Crippen LogP contribution in [0.2, 0.25) is 0 Å². The summed E-state index contributed by atoms with van der Waals surface area (Å²) in [5, 5.41) is 0. The standard InChI is InChI=1S/C15H16IO2.BF4/c1-17-11-12-18-15-10-6-5-9-14(15)16-13-7-3-2-4-8-13;2-1(3,4)5/h2-10H,11-12H2,1H3;/q+1;-1. The van der Waals surface area contributed by atoms with Crippen molar-refractivity contribution in [2.24, 2.45) is 0 Å². The minimum atomic E-state index is -6.00. The Bertz CT molecular complexity index is 561. The molecule has 0 unspecified atom stereocenters. The Morgan fingerprint density at radius 1 is 0.870 bits per heavy atom. The quantitative estimate of drug-likeness (QED) is 0.290. The van der Waals surface area contributed by atoms with Crippen LogP contribution in [0.15, 0.2) is 54.6 Å². The van der Waals surface area contributed by atoms with Gasteiger partial charge in [-0.05, 0) is 24.3 Å². The Balaban J connectivity index is 0.000000463. The molecule has 0 aliphatic carbocycles. The zero-order valence-electron chi connectivity index (χ0n) is 12.4. The molecule has 0 fully saturated rings. The van der Waals surface area contributed by atoms with Crippen LogP contribution < -0.4 is 25.9 Å². The molecule has 2 aromatic carbocycles. The second-order valence-corrected chi connectivity index (χ2v) is 7.10. The van der Waals surface area contributed by atoms with E-state index in [0.29, 0.717) is 13.2 Å². The average Bonchev–Trinajstić information content (AvgIpc) is 2.49. The van der Waals surface area contributed by atoms with E-state index < -0.39 is 7.25 Å². The van der Waals surface area contributed by atoms with Gasteiger partial charge in [0.2, 0.25) is 3.57 Å². The molecular formula is C15H16BF4IO2. The molecule has 8 heteroatoms. The zero-order chi connectivity index (χ0) is 17.1. The first-order valence-corrected chi connectivity index (χ1v) is 8.84. The van der Waals surface area contributed by atoms with E-state index >= 15 is 0 Å². The van der Waals surface area contributed by atoms with Crippen molar-refractivity contribution in [2.75, 3.05) is 20.3 Å². The van der Waals surface area contributed by atoms with Crippen molar-refractivity contribution in [1.29, 1.82) is 0 Å². The van der Waals surface area contributed by atoms with Gasteiger partial charge in [0.25, 0.3) is 0 Å². The largest absolute Gasteiger partial charge is 0.673 e. The molecular weight excluding hydrogens is 426 g/mol. The second-order valence-electron chi connectivity index (χ2n) is 4.16. The highest BCUT2D eigenvalue weighted by Crippen LogP contribution is 2.08. The third kappa shape index (κ3) is 10.2. The van der Waals surface area contributed by atoms with Gasteiger partial charge < -0.3 is 26.7 Å². The van der Waals surface area contributed by atoms with E-state index in [1.165, 1.54) is 7.14 Å². The number of hydrogen-bond acceptors (Lipinski definition) is 2. The Labute approximate surface area is 143 Å². The van der Waals surface area contributed by atoms with Gasteiger partial charge in [-0.15, -0.1) is 0 Å². The summed E-state index contributed by atoms with van der Waals surface area (Å²) in [5.41, 5.74) is 0. The number of benzene rings is 2. The summed E-state index contributed by atoms with van der Waals surface area (Å²) < 4.78 is 52.5. The maximum Gasteiger partial charge on any atom is 0.673 e. The summed E-state index contributed by atoms with van der Waals surface area (Å²) >= 11 is -0.181. The van der Waals surface area contributed by atoms with Crippen LogP contribution >= 0.6 is 0 Å². The third-order valence-electron chi connectivity index (χ3n) is 2.33. The third-order valence-corrected chi connectivity index (χ3v) is 5.14. The summed E-state index contributed by atoms with van der Waals surface area (Å²) in [6.07, 6.45) is 0. The first-order chi connectivity index (χ1) is 10.9. The van der Waals surface area contributed by atoms with Crippen molar-refractivity contribution in [3.8, 4) is 5.75 Å². The van der Waals surface area contributed by atoms with E-state index in [9.17, 15) is 17.3 Å². The molecule has 0 spiro atoms. The molecule has 0 saturated heterocycles. The number of ether oxygens (including phenoxy) is 2. The molecule has 0 aromatic heterocycles. The van der Waals surface area contributed by atoms with Crippen molar-refractivity contribution >= 4 is 7.25 Å². The Morgan fingerprint density at radius 2 is 1.43 bits per heavy atom. The highest BCUT2D eigenvalue weighted by Gasteiger charge is 2.21. The maximum absolute atomic E-state index is 9.75. The molecule has 0 amide bonds. The van der Waals surface area contributed by atoms with Gasteiger partial charge in [0.1, 0.15) is 6.61 Å². The van der Waals surface area contributed by atoms with Gasteiger partial charge in [-0.25, -0.2) is 0 Å². The number of halogens is 5. The molecule has 0 heterocycles. The van der Waals surface area contributed by atoms with Crippen LogP contribution in [-0.4, -0.2) is 27.6 Å². The molecule has 2 rings (SSSR count). The summed E-state index contributed by atoms with van der Waals surface area (Å²) in [4.78, 5) is 0. The van der Waals surface area contributed by atoms with Crippen molar-refractivity contribution < 1.29 is 47.9 Å². The predicted molar refractivity (Wildman–Crippen MR) is 77.8 cm³/mol. The maximum atomic E-state index is 9.75. The topological polar surface area (TPSA) is 18.5 Å². The number of rotatable bonds is 6. The number of hydrogen-bond donors (Lipinski definition) is 0. The normalized spacial score (nSPS) is 10.7. The van der Waals surface area contributed by atoms with Crippen LogP contribution in [0, 0.1) is 7.14 Å². The van der Waals surface area contributed by atoms with Crippen LogP contribution in [0.1, 0.15) is 0 Å². The van der Waals surface area contributed by atoms with Gasteiger partial charge in [-0.2, -0.15) is 0 Å². The summed E-state index contributed by atoms with van der Waals surface area (Å²) in [7, 11) is -4.31. The molecule has 23 heavy (non-hydrogen) atoms.